The van der Waals surface area contributed by atoms with E-state index in [9.17, 15) is 13.2 Å². The van der Waals surface area contributed by atoms with E-state index in [-0.39, 0.29) is 10.6 Å². The number of carboxylic acid groups (broad SMARTS) is 1. The SMILES string of the molecule is O=C(O)C1=Nc2cc3c(cc2S(=O)(=O)N1)OCCO3. The zero-order valence-corrected chi connectivity index (χ0v) is 10.2. The predicted molar refractivity (Wildman–Crippen MR) is 62.5 cm³/mol. The maximum absolute atomic E-state index is 11.9. The van der Waals surface area contributed by atoms with Gasteiger partial charge in [-0.25, -0.2) is 18.2 Å². The van der Waals surface area contributed by atoms with Crippen LogP contribution in [0.2, 0.25) is 0 Å². The number of hydrogen-bond donors (Lipinski definition) is 2. The van der Waals surface area contributed by atoms with Gasteiger partial charge < -0.3 is 14.6 Å². The van der Waals surface area contributed by atoms with Crippen LogP contribution < -0.4 is 14.2 Å². The summed E-state index contributed by atoms with van der Waals surface area (Å²) >= 11 is 0. The van der Waals surface area contributed by atoms with E-state index in [1.54, 1.807) is 0 Å². The lowest BCUT2D eigenvalue weighted by Gasteiger charge is -2.22. The van der Waals surface area contributed by atoms with Gasteiger partial charge >= 0.3 is 5.97 Å². The molecular weight excluding hydrogens is 276 g/mol. The largest absolute Gasteiger partial charge is 0.486 e. The van der Waals surface area contributed by atoms with Gasteiger partial charge in [0.15, 0.2) is 11.5 Å². The average Bonchev–Trinajstić information content (AvgIpc) is 2.36. The van der Waals surface area contributed by atoms with Crippen molar-refractivity contribution in [1.29, 1.82) is 0 Å². The molecule has 3 rings (SSSR count). The number of rotatable bonds is 1. The third-order valence-electron chi connectivity index (χ3n) is 2.58. The van der Waals surface area contributed by atoms with Crippen molar-refractivity contribution >= 4 is 27.5 Å². The fourth-order valence-corrected chi connectivity index (χ4v) is 2.92. The van der Waals surface area contributed by atoms with Gasteiger partial charge in [0, 0.05) is 12.1 Å². The van der Waals surface area contributed by atoms with Crippen LogP contribution in [0.4, 0.5) is 5.69 Å². The number of nitrogens with zero attached hydrogens (tertiary/aromatic N) is 1. The van der Waals surface area contributed by atoms with E-state index >= 15 is 0 Å². The quantitative estimate of drug-likeness (QED) is 0.742. The zero-order valence-electron chi connectivity index (χ0n) is 9.41. The van der Waals surface area contributed by atoms with E-state index in [1.165, 1.54) is 12.1 Å². The molecule has 0 aromatic heterocycles. The summed E-state index contributed by atoms with van der Waals surface area (Å²) in [6.45, 7) is 0.662. The number of nitrogens with one attached hydrogen (secondary N) is 1. The molecule has 1 aromatic rings. The molecule has 2 aliphatic heterocycles. The monoisotopic (exact) mass is 284 g/mol. The van der Waals surface area contributed by atoms with Crippen LogP contribution in [0.25, 0.3) is 0 Å². The molecule has 0 amide bonds. The molecule has 0 spiro atoms. The first-order chi connectivity index (χ1) is 8.97. The number of amidine groups is 1. The second-order valence-corrected chi connectivity index (χ2v) is 5.49. The smallest absolute Gasteiger partial charge is 0.372 e. The first kappa shape index (κ1) is 11.8. The van der Waals surface area contributed by atoms with Gasteiger partial charge in [-0.2, -0.15) is 0 Å². The van der Waals surface area contributed by atoms with Crippen molar-refractivity contribution in [3.8, 4) is 11.5 Å². The molecule has 2 N–H and O–H groups in total. The highest BCUT2D eigenvalue weighted by Gasteiger charge is 2.31. The highest BCUT2D eigenvalue weighted by Crippen LogP contribution is 2.40. The number of fused-ring (bicyclic) bond motifs is 2. The molecule has 9 heteroatoms. The molecule has 0 atom stereocenters. The second-order valence-electron chi connectivity index (χ2n) is 3.83. The first-order valence-electron chi connectivity index (χ1n) is 5.26. The van der Waals surface area contributed by atoms with Crippen molar-refractivity contribution < 1.29 is 27.8 Å². The first-order valence-corrected chi connectivity index (χ1v) is 6.74. The van der Waals surface area contributed by atoms with Gasteiger partial charge in [-0.1, -0.05) is 0 Å². The molecule has 0 radical (unpaired) electrons. The highest BCUT2D eigenvalue weighted by molar-refractivity contribution is 7.90. The van der Waals surface area contributed by atoms with Crippen molar-refractivity contribution in [2.45, 2.75) is 4.90 Å². The summed E-state index contributed by atoms with van der Waals surface area (Å²) in [5.41, 5.74) is 0.0143. The number of aliphatic imine (C=N–C) groups is 1. The number of carbonyl (C=O) groups is 1. The molecule has 0 aliphatic carbocycles. The summed E-state index contributed by atoms with van der Waals surface area (Å²) in [5, 5.41) is 8.82. The Balaban J connectivity index is 2.23. The Bertz CT molecular complexity index is 709. The molecule has 1 aromatic carbocycles. The molecule has 0 saturated carbocycles. The van der Waals surface area contributed by atoms with E-state index < -0.39 is 21.8 Å². The van der Waals surface area contributed by atoms with Gasteiger partial charge in [0.05, 0.1) is 5.69 Å². The summed E-state index contributed by atoms with van der Waals surface area (Å²) < 4.78 is 36.3. The maximum Gasteiger partial charge on any atom is 0.372 e. The van der Waals surface area contributed by atoms with Gasteiger partial charge in [-0.05, 0) is 0 Å². The Morgan fingerprint density at radius 2 is 1.89 bits per heavy atom. The number of ether oxygens (including phenoxy) is 2. The van der Waals surface area contributed by atoms with Crippen molar-refractivity contribution in [2.24, 2.45) is 4.99 Å². The van der Waals surface area contributed by atoms with E-state index in [0.717, 1.165) is 0 Å². The van der Waals surface area contributed by atoms with Crippen LogP contribution in [-0.4, -0.2) is 38.5 Å². The molecule has 0 bridgehead atoms. The maximum atomic E-state index is 11.9. The minimum Gasteiger partial charge on any atom is -0.486 e. The van der Waals surface area contributed by atoms with Crippen LogP contribution in [0.15, 0.2) is 22.0 Å². The van der Waals surface area contributed by atoms with Crippen molar-refractivity contribution in [3.63, 3.8) is 0 Å². The Morgan fingerprint density at radius 1 is 1.26 bits per heavy atom. The van der Waals surface area contributed by atoms with E-state index in [1.807, 2.05) is 4.72 Å². The molecular formula is C10H8N2O6S. The normalized spacial score (nSPS) is 18.8. The van der Waals surface area contributed by atoms with Crippen molar-refractivity contribution in [1.82, 2.24) is 4.72 Å². The van der Waals surface area contributed by atoms with E-state index in [2.05, 4.69) is 4.99 Å². The Morgan fingerprint density at radius 3 is 2.53 bits per heavy atom. The number of aliphatic carboxylic acids is 1. The average molecular weight is 284 g/mol. The third kappa shape index (κ3) is 1.87. The third-order valence-corrected chi connectivity index (χ3v) is 3.95. The Hall–Kier alpha value is -2.29. The summed E-state index contributed by atoms with van der Waals surface area (Å²) in [6, 6.07) is 2.62. The van der Waals surface area contributed by atoms with Crippen LogP contribution in [-0.2, 0) is 14.8 Å². The van der Waals surface area contributed by atoms with Gasteiger partial charge in [-0.15, -0.1) is 0 Å². The minimum atomic E-state index is -3.97. The molecule has 100 valence electrons. The molecule has 19 heavy (non-hydrogen) atoms. The predicted octanol–water partition coefficient (Wildman–Crippen LogP) is -0.136. The summed E-state index contributed by atoms with van der Waals surface area (Å²) in [7, 11) is -3.97. The molecule has 0 unspecified atom stereocenters. The van der Waals surface area contributed by atoms with Crippen LogP contribution in [0.3, 0.4) is 0 Å². The fraction of sp³-hybridized carbons (Fsp3) is 0.200. The number of hydrogen-bond acceptors (Lipinski definition) is 6. The molecule has 2 aliphatic rings. The van der Waals surface area contributed by atoms with Gasteiger partial charge in [-0.3, -0.25) is 4.72 Å². The van der Waals surface area contributed by atoms with Crippen LogP contribution in [0.5, 0.6) is 11.5 Å². The second kappa shape index (κ2) is 3.85. The minimum absolute atomic E-state index is 0.0143. The standard InChI is InChI=1S/C10H8N2O6S/c13-10(14)9-11-5-3-6-7(18-2-1-17-6)4-8(5)19(15,16)12-9/h3-4H,1-2H2,(H,11,12)(H,13,14). The number of sulfonamides is 1. The van der Waals surface area contributed by atoms with Gasteiger partial charge in [0.2, 0.25) is 5.84 Å². The van der Waals surface area contributed by atoms with Gasteiger partial charge in [0.1, 0.15) is 18.1 Å². The van der Waals surface area contributed by atoms with Crippen LogP contribution in [0.1, 0.15) is 0 Å². The van der Waals surface area contributed by atoms with E-state index in [0.29, 0.717) is 24.7 Å². The van der Waals surface area contributed by atoms with E-state index in [4.69, 9.17) is 14.6 Å². The molecule has 0 saturated heterocycles. The summed E-state index contributed by atoms with van der Waals surface area (Å²) in [6.07, 6.45) is 0. The molecule has 2 heterocycles. The summed E-state index contributed by atoms with van der Waals surface area (Å²) in [5.74, 6) is -1.46. The Labute approximate surface area is 107 Å². The number of carboxylic acids is 1. The van der Waals surface area contributed by atoms with Crippen LogP contribution >= 0.6 is 0 Å². The van der Waals surface area contributed by atoms with Gasteiger partial charge in [0.25, 0.3) is 10.0 Å². The zero-order chi connectivity index (χ0) is 13.6. The molecule has 8 nitrogen and oxygen atoms in total. The van der Waals surface area contributed by atoms with Crippen molar-refractivity contribution in [3.05, 3.63) is 12.1 Å². The highest BCUT2D eigenvalue weighted by atomic mass is 32.2. The lowest BCUT2D eigenvalue weighted by atomic mass is 10.2. The topological polar surface area (TPSA) is 114 Å². The van der Waals surface area contributed by atoms with Crippen molar-refractivity contribution in [2.75, 3.05) is 13.2 Å². The lowest BCUT2D eigenvalue weighted by Crippen LogP contribution is -2.38. The molecule has 0 fully saturated rings. The number of benzene rings is 1. The van der Waals surface area contributed by atoms with Crippen LogP contribution in [0, 0.1) is 0 Å². The summed E-state index contributed by atoms with van der Waals surface area (Å²) in [4.78, 5) is 14.4. The fourth-order valence-electron chi connectivity index (χ4n) is 1.78. The Kier molecular flexibility index (Phi) is 2.39. The lowest BCUT2D eigenvalue weighted by molar-refractivity contribution is -0.129.